The topological polar surface area (TPSA) is 15.3 Å². The van der Waals surface area contributed by atoms with Gasteiger partial charge in [0, 0.05) is 24.7 Å². The van der Waals surface area contributed by atoms with E-state index in [0.717, 1.165) is 19.3 Å². The molecule has 0 aliphatic carbocycles. The van der Waals surface area contributed by atoms with Crippen LogP contribution in [0.3, 0.4) is 0 Å². The number of nitrogens with zero attached hydrogens (tertiary/aromatic N) is 1. The highest BCUT2D eigenvalue weighted by Gasteiger charge is 2.40. The molecule has 102 valence electrons. The molecule has 0 bridgehead atoms. The average Bonchev–Trinajstić information content (AvgIpc) is 2.20. The van der Waals surface area contributed by atoms with E-state index in [1.54, 1.807) is 4.90 Å². The first-order chi connectivity index (χ1) is 7.79. The van der Waals surface area contributed by atoms with Gasteiger partial charge in [0.05, 0.1) is 6.54 Å². The van der Waals surface area contributed by atoms with Crippen LogP contribution in [0.25, 0.3) is 0 Å². The highest BCUT2D eigenvalue weighted by Crippen LogP contribution is 2.25. The molecule has 1 saturated heterocycles. The summed E-state index contributed by atoms with van der Waals surface area (Å²) in [5, 5.41) is 3.39. The molecule has 2 unspecified atom stereocenters. The summed E-state index contributed by atoms with van der Waals surface area (Å²) in [7, 11) is 0. The molecular weight excluding hydrogens is 229 g/mol. The fourth-order valence-electron chi connectivity index (χ4n) is 2.40. The number of rotatable bonds is 4. The molecule has 2 atom stereocenters. The zero-order valence-corrected chi connectivity index (χ0v) is 10.9. The number of hydrogen-bond acceptors (Lipinski definition) is 2. The lowest BCUT2D eigenvalue weighted by molar-refractivity contribution is -0.156. The van der Waals surface area contributed by atoms with Crippen molar-refractivity contribution in [2.75, 3.05) is 19.6 Å². The Bertz CT molecular complexity index is 242. The maximum Gasteiger partial charge on any atom is 0.401 e. The van der Waals surface area contributed by atoms with Crippen LogP contribution in [-0.2, 0) is 0 Å². The normalized spacial score (nSPS) is 31.8. The molecule has 0 aromatic carbocycles. The Morgan fingerprint density at radius 3 is 2.47 bits per heavy atom. The van der Waals surface area contributed by atoms with E-state index in [-0.39, 0.29) is 11.6 Å². The molecular formula is C12H23F3N2. The molecule has 17 heavy (non-hydrogen) atoms. The van der Waals surface area contributed by atoms with Gasteiger partial charge in [-0.15, -0.1) is 0 Å². The Balaban J connectivity index is 2.69. The second kappa shape index (κ2) is 5.57. The van der Waals surface area contributed by atoms with Crippen molar-refractivity contribution in [2.24, 2.45) is 0 Å². The second-order valence-corrected chi connectivity index (χ2v) is 5.26. The summed E-state index contributed by atoms with van der Waals surface area (Å²) in [4.78, 5) is 1.60. The maximum atomic E-state index is 12.5. The van der Waals surface area contributed by atoms with Crippen molar-refractivity contribution in [1.29, 1.82) is 0 Å². The molecule has 0 saturated carbocycles. The van der Waals surface area contributed by atoms with Gasteiger partial charge >= 0.3 is 6.18 Å². The van der Waals surface area contributed by atoms with Crippen LogP contribution in [0.2, 0.25) is 0 Å². The molecule has 0 spiro atoms. The third-order valence-electron chi connectivity index (χ3n) is 3.62. The van der Waals surface area contributed by atoms with E-state index in [1.807, 2.05) is 20.8 Å². The van der Waals surface area contributed by atoms with Crippen LogP contribution in [0.5, 0.6) is 0 Å². The summed E-state index contributed by atoms with van der Waals surface area (Å²) in [6.07, 6.45) is -1.51. The van der Waals surface area contributed by atoms with Gasteiger partial charge in [-0.2, -0.15) is 13.2 Å². The third kappa shape index (κ3) is 4.47. The molecule has 0 amide bonds. The lowest BCUT2D eigenvalue weighted by atomic mass is 9.92. The van der Waals surface area contributed by atoms with Gasteiger partial charge < -0.3 is 5.32 Å². The summed E-state index contributed by atoms with van der Waals surface area (Å²) >= 11 is 0. The summed E-state index contributed by atoms with van der Waals surface area (Å²) in [6, 6.07) is 0.0150. The minimum atomic E-state index is -4.10. The monoisotopic (exact) mass is 252 g/mol. The Hall–Kier alpha value is -0.290. The molecule has 2 nitrogen and oxygen atoms in total. The Labute approximate surface area is 102 Å². The zero-order valence-electron chi connectivity index (χ0n) is 10.9. The van der Waals surface area contributed by atoms with Crippen molar-refractivity contribution in [1.82, 2.24) is 10.2 Å². The molecule has 1 aliphatic rings. The SMILES string of the molecule is CCCC1CNC(C)(CC)CN1CC(F)(F)F. The van der Waals surface area contributed by atoms with Gasteiger partial charge in [-0.05, 0) is 19.8 Å². The Morgan fingerprint density at radius 2 is 2.00 bits per heavy atom. The van der Waals surface area contributed by atoms with E-state index in [1.165, 1.54) is 0 Å². The van der Waals surface area contributed by atoms with Crippen LogP contribution in [0.4, 0.5) is 13.2 Å². The number of piperazine rings is 1. The fraction of sp³-hybridized carbons (Fsp3) is 1.00. The van der Waals surface area contributed by atoms with E-state index in [9.17, 15) is 13.2 Å². The molecule has 0 radical (unpaired) electrons. The van der Waals surface area contributed by atoms with Crippen LogP contribution in [0, 0.1) is 0 Å². The van der Waals surface area contributed by atoms with E-state index in [4.69, 9.17) is 0 Å². The third-order valence-corrected chi connectivity index (χ3v) is 3.62. The molecule has 1 N–H and O–H groups in total. The molecule has 0 aromatic rings. The van der Waals surface area contributed by atoms with Gasteiger partial charge in [-0.3, -0.25) is 4.90 Å². The predicted octanol–water partition coefficient (Wildman–Crippen LogP) is 2.79. The lowest BCUT2D eigenvalue weighted by Crippen LogP contribution is -2.63. The van der Waals surface area contributed by atoms with Gasteiger partial charge in [0.1, 0.15) is 0 Å². The summed E-state index contributed by atoms with van der Waals surface area (Å²) in [5.74, 6) is 0. The predicted molar refractivity (Wildman–Crippen MR) is 63.0 cm³/mol. The Morgan fingerprint density at radius 1 is 1.35 bits per heavy atom. The van der Waals surface area contributed by atoms with Crippen LogP contribution in [0.1, 0.15) is 40.0 Å². The van der Waals surface area contributed by atoms with Crippen LogP contribution in [0.15, 0.2) is 0 Å². The molecule has 1 fully saturated rings. The van der Waals surface area contributed by atoms with Gasteiger partial charge in [0.2, 0.25) is 0 Å². The van der Waals surface area contributed by atoms with Crippen molar-refractivity contribution in [2.45, 2.75) is 57.8 Å². The summed E-state index contributed by atoms with van der Waals surface area (Å²) in [5.41, 5.74) is -0.185. The molecule has 1 rings (SSSR count). The number of alkyl halides is 3. The Kier molecular flexibility index (Phi) is 4.84. The highest BCUT2D eigenvalue weighted by atomic mass is 19.4. The molecule has 1 aliphatic heterocycles. The standard InChI is InChI=1S/C12H23F3N2/c1-4-6-10-7-16-11(3,5-2)8-17(10)9-12(13,14)15/h10,16H,4-9H2,1-3H3. The molecule has 0 aromatic heterocycles. The van der Waals surface area contributed by atoms with E-state index in [0.29, 0.717) is 13.1 Å². The van der Waals surface area contributed by atoms with Crippen molar-refractivity contribution in [3.8, 4) is 0 Å². The summed E-state index contributed by atoms with van der Waals surface area (Å²) < 4.78 is 37.6. The minimum Gasteiger partial charge on any atom is -0.309 e. The average molecular weight is 252 g/mol. The smallest absolute Gasteiger partial charge is 0.309 e. The number of nitrogens with one attached hydrogen (secondary N) is 1. The minimum absolute atomic E-state index is 0.0150. The number of halogens is 3. The van der Waals surface area contributed by atoms with Crippen molar-refractivity contribution in [3.05, 3.63) is 0 Å². The molecule has 5 heteroatoms. The molecule has 1 heterocycles. The largest absolute Gasteiger partial charge is 0.401 e. The van der Waals surface area contributed by atoms with E-state index >= 15 is 0 Å². The summed E-state index contributed by atoms with van der Waals surface area (Å²) in [6.45, 7) is 6.38. The first kappa shape index (κ1) is 14.8. The first-order valence-electron chi connectivity index (χ1n) is 6.35. The van der Waals surface area contributed by atoms with Gasteiger partial charge in [0.25, 0.3) is 0 Å². The first-order valence-corrected chi connectivity index (χ1v) is 6.35. The van der Waals surface area contributed by atoms with Crippen molar-refractivity contribution >= 4 is 0 Å². The fourth-order valence-corrected chi connectivity index (χ4v) is 2.40. The van der Waals surface area contributed by atoms with Gasteiger partial charge in [-0.25, -0.2) is 0 Å². The van der Waals surface area contributed by atoms with E-state index in [2.05, 4.69) is 5.32 Å². The van der Waals surface area contributed by atoms with E-state index < -0.39 is 12.7 Å². The number of hydrogen-bond donors (Lipinski definition) is 1. The second-order valence-electron chi connectivity index (χ2n) is 5.26. The quantitative estimate of drug-likeness (QED) is 0.827. The van der Waals surface area contributed by atoms with Crippen LogP contribution < -0.4 is 5.32 Å². The lowest BCUT2D eigenvalue weighted by Gasteiger charge is -2.46. The van der Waals surface area contributed by atoms with Gasteiger partial charge in [-0.1, -0.05) is 20.3 Å². The zero-order chi connectivity index (χ0) is 13.1. The van der Waals surface area contributed by atoms with Gasteiger partial charge in [0.15, 0.2) is 0 Å². The highest BCUT2D eigenvalue weighted by molar-refractivity contribution is 4.94. The maximum absolute atomic E-state index is 12.5. The van der Waals surface area contributed by atoms with Crippen molar-refractivity contribution < 1.29 is 13.2 Å². The van der Waals surface area contributed by atoms with Crippen molar-refractivity contribution in [3.63, 3.8) is 0 Å². The van der Waals surface area contributed by atoms with Crippen LogP contribution >= 0.6 is 0 Å². The van der Waals surface area contributed by atoms with Crippen LogP contribution in [-0.4, -0.2) is 42.3 Å².